The minimum Gasteiger partial charge on any atom is -0.302 e. The summed E-state index contributed by atoms with van der Waals surface area (Å²) < 4.78 is 0. The predicted molar refractivity (Wildman–Crippen MR) is 111 cm³/mol. The van der Waals surface area contributed by atoms with E-state index in [2.05, 4.69) is 24.1 Å². The van der Waals surface area contributed by atoms with Crippen LogP contribution >= 0.6 is 11.3 Å². The molecule has 1 heterocycles. The number of carbonyl (C=O) groups is 2. The Morgan fingerprint density at radius 2 is 2.00 bits per heavy atom. The van der Waals surface area contributed by atoms with Gasteiger partial charge < -0.3 is 5.32 Å². The van der Waals surface area contributed by atoms with Gasteiger partial charge in [-0.3, -0.25) is 9.59 Å². The van der Waals surface area contributed by atoms with Crippen molar-refractivity contribution in [3.05, 3.63) is 23.2 Å². The van der Waals surface area contributed by atoms with E-state index in [0.717, 1.165) is 30.8 Å². The van der Waals surface area contributed by atoms with Crippen LogP contribution in [0.2, 0.25) is 0 Å². The molecule has 4 aliphatic carbocycles. The van der Waals surface area contributed by atoms with Crippen LogP contribution in [0.3, 0.4) is 0 Å². The topological polar surface area (TPSA) is 59.1 Å². The van der Waals surface area contributed by atoms with Gasteiger partial charge in [-0.2, -0.15) is 0 Å². The van der Waals surface area contributed by atoms with Crippen molar-refractivity contribution < 1.29 is 9.59 Å². The zero-order chi connectivity index (χ0) is 19.5. The molecule has 3 saturated carbocycles. The maximum absolute atomic E-state index is 13.1. The van der Waals surface area contributed by atoms with Crippen molar-refractivity contribution in [2.24, 2.45) is 34.5 Å². The molecule has 6 atom stereocenters. The van der Waals surface area contributed by atoms with Crippen LogP contribution in [-0.2, 0) is 9.59 Å². The van der Waals surface area contributed by atoms with Crippen LogP contribution in [-0.4, -0.2) is 16.7 Å². The number of amides is 1. The van der Waals surface area contributed by atoms with Gasteiger partial charge in [0.2, 0.25) is 5.91 Å². The van der Waals surface area contributed by atoms with Crippen LogP contribution in [0.5, 0.6) is 0 Å². The fraction of sp³-hybridized carbons (Fsp3) is 0.696. The highest BCUT2D eigenvalue weighted by atomic mass is 32.1. The lowest BCUT2D eigenvalue weighted by Gasteiger charge is -2.58. The number of hydrogen-bond acceptors (Lipinski definition) is 4. The second-order valence-electron chi connectivity index (χ2n) is 9.97. The van der Waals surface area contributed by atoms with Crippen LogP contribution < -0.4 is 5.32 Å². The molecule has 0 bridgehead atoms. The van der Waals surface area contributed by atoms with Crippen LogP contribution in [0.4, 0.5) is 5.13 Å². The van der Waals surface area contributed by atoms with E-state index < -0.39 is 0 Å². The third-order valence-electron chi connectivity index (χ3n) is 8.94. The summed E-state index contributed by atoms with van der Waals surface area (Å²) in [6.07, 6.45) is 12.2. The number of nitrogens with zero attached hydrogens (tertiary/aromatic N) is 1. The molecule has 0 spiro atoms. The number of nitrogens with one attached hydrogen (secondary N) is 1. The second kappa shape index (κ2) is 6.51. The molecule has 150 valence electrons. The lowest BCUT2D eigenvalue weighted by Crippen LogP contribution is -2.51. The van der Waals surface area contributed by atoms with Gasteiger partial charge in [0.25, 0.3) is 0 Å². The first-order valence-electron chi connectivity index (χ1n) is 10.9. The average molecular weight is 399 g/mol. The Hall–Kier alpha value is -1.49. The quantitative estimate of drug-likeness (QED) is 0.742. The summed E-state index contributed by atoms with van der Waals surface area (Å²) in [5.74, 6) is 2.61. The maximum atomic E-state index is 13.1. The number of thiazole rings is 1. The van der Waals surface area contributed by atoms with E-state index in [4.69, 9.17) is 0 Å². The predicted octanol–water partition coefficient (Wildman–Crippen LogP) is 5.23. The van der Waals surface area contributed by atoms with Gasteiger partial charge in [-0.25, -0.2) is 4.98 Å². The Labute approximate surface area is 171 Å². The Morgan fingerprint density at radius 1 is 1.14 bits per heavy atom. The Balaban J connectivity index is 1.39. The zero-order valence-electron chi connectivity index (χ0n) is 16.9. The van der Waals surface area contributed by atoms with Gasteiger partial charge >= 0.3 is 0 Å². The summed E-state index contributed by atoms with van der Waals surface area (Å²) in [5, 5.41) is 5.70. The van der Waals surface area contributed by atoms with E-state index in [1.807, 2.05) is 11.5 Å². The van der Waals surface area contributed by atoms with Crippen molar-refractivity contribution in [2.45, 2.75) is 65.2 Å². The van der Waals surface area contributed by atoms with Crippen LogP contribution in [0, 0.1) is 34.5 Å². The molecular weight excluding hydrogens is 368 g/mol. The molecule has 4 aliphatic rings. The maximum Gasteiger partial charge on any atom is 0.229 e. The number of carbonyl (C=O) groups excluding carboxylic acids is 2. The summed E-state index contributed by atoms with van der Waals surface area (Å²) in [5.41, 5.74) is 1.73. The van der Waals surface area contributed by atoms with Crippen LogP contribution in [0.25, 0.3) is 0 Å². The fourth-order valence-corrected chi connectivity index (χ4v) is 8.00. The Morgan fingerprint density at radius 3 is 2.79 bits per heavy atom. The number of rotatable bonds is 2. The van der Waals surface area contributed by atoms with E-state index in [1.54, 1.807) is 6.20 Å². The third kappa shape index (κ3) is 2.65. The summed E-state index contributed by atoms with van der Waals surface area (Å²) >= 11 is 1.49. The monoisotopic (exact) mass is 398 g/mol. The fourth-order valence-electron chi connectivity index (χ4n) is 7.47. The van der Waals surface area contributed by atoms with E-state index in [-0.39, 0.29) is 22.7 Å². The van der Waals surface area contributed by atoms with Crippen LogP contribution in [0.15, 0.2) is 23.2 Å². The first-order chi connectivity index (χ1) is 13.4. The van der Waals surface area contributed by atoms with Gasteiger partial charge in [-0.15, -0.1) is 11.3 Å². The van der Waals surface area contributed by atoms with Crippen LogP contribution in [0.1, 0.15) is 65.2 Å². The lowest BCUT2D eigenvalue weighted by molar-refractivity contribution is -0.127. The lowest BCUT2D eigenvalue weighted by atomic mass is 9.47. The minimum absolute atomic E-state index is 0.0972. The first kappa shape index (κ1) is 18.5. The normalized spacial score (nSPS) is 42.2. The number of fused-ring (bicyclic) bond motifs is 5. The summed E-state index contributed by atoms with van der Waals surface area (Å²) in [6, 6.07) is 0. The van der Waals surface area contributed by atoms with Gasteiger partial charge in [0, 0.05) is 23.9 Å². The smallest absolute Gasteiger partial charge is 0.229 e. The molecule has 0 unspecified atom stereocenters. The van der Waals surface area contributed by atoms with Gasteiger partial charge in [-0.05, 0) is 79.6 Å². The number of allylic oxidation sites excluding steroid dienone is 1. The first-order valence-corrected chi connectivity index (χ1v) is 11.7. The second-order valence-corrected chi connectivity index (χ2v) is 10.9. The molecule has 1 aromatic rings. The number of anilines is 1. The molecule has 28 heavy (non-hydrogen) atoms. The molecule has 0 saturated heterocycles. The Bertz CT molecular complexity index is 832. The standard InChI is InChI=1S/C23H30N2O2S/c1-22-9-7-15(26)13-14(22)3-4-16-17-5-6-19(23(17,2)10-8-18(16)22)20(27)25-21-24-11-12-28-21/h11-13,16-19H,3-10H2,1-2H3,(H,24,25,27)/t16-,17-,18-,19+,22-,23-/m0/s1. The highest BCUT2D eigenvalue weighted by Gasteiger charge is 2.60. The molecule has 4 nitrogen and oxygen atoms in total. The van der Waals surface area contributed by atoms with Crippen molar-refractivity contribution >= 4 is 28.2 Å². The molecule has 0 aliphatic heterocycles. The van der Waals surface area contributed by atoms with Crippen molar-refractivity contribution in [1.29, 1.82) is 0 Å². The van der Waals surface area contributed by atoms with Gasteiger partial charge in [0.1, 0.15) is 0 Å². The molecule has 0 aromatic carbocycles. The van der Waals surface area contributed by atoms with Crippen molar-refractivity contribution in [3.8, 4) is 0 Å². The summed E-state index contributed by atoms with van der Waals surface area (Å²) in [7, 11) is 0. The Kier molecular flexibility index (Phi) is 4.31. The largest absolute Gasteiger partial charge is 0.302 e. The molecule has 5 rings (SSSR count). The molecule has 0 radical (unpaired) electrons. The molecule has 5 heteroatoms. The molecular formula is C23H30N2O2S. The third-order valence-corrected chi connectivity index (χ3v) is 9.63. The number of hydrogen-bond donors (Lipinski definition) is 1. The summed E-state index contributed by atoms with van der Waals surface area (Å²) in [6.45, 7) is 4.80. The van der Waals surface area contributed by atoms with E-state index >= 15 is 0 Å². The van der Waals surface area contributed by atoms with Gasteiger partial charge in [0.05, 0.1) is 0 Å². The van der Waals surface area contributed by atoms with Crippen molar-refractivity contribution in [3.63, 3.8) is 0 Å². The average Bonchev–Trinajstić information content (AvgIpc) is 3.29. The summed E-state index contributed by atoms with van der Waals surface area (Å²) in [4.78, 5) is 29.3. The highest BCUT2D eigenvalue weighted by molar-refractivity contribution is 7.13. The molecule has 1 aromatic heterocycles. The highest BCUT2D eigenvalue weighted by Crippen LogP contribution is 2.66. The van der Waals surface area contributed by atoms with E-state index in [0.29, 0.717) is 30.0 Å². The molecule has 1 N–H and O–H groups in total. The van der Waals surface area contributed by atoms with Gasteiger partial charge in [0.15, 0.2) is 10.9 Å². The molecule has 3 fully saturated rings. The van der Waals surface area contributed by atoms with Gasteiger partial charge in [-0.1, -0.05) is 19.4 Å². The number of aromatic nitrogens is 1. The van der Waals surface area contributed by atoms with E-state index in [1.165, 1.54) is 36.2 Å². The minimum atomic E-state index is 0.0972. The zero-order valence-corrected chi connectivity index (χ0v) is 17.7. The van der Waals surface area contributed by atoms with E-state index in [9.17, 15) is 9.59 Å². The number of ketones is 1. The van der Waals surface area contributed by atoms with Crippen molar-refractivity contribution in [1.82, 2.24) is 4.98 Å². The molecule has 1 amide bonds. The SMILES string of the molecule is C[C@]12CC[C@H]3[C@@H](CCC4=CC(=O)CC[C@@]43C)[C@@H]1CC[C@@H]2C(=O)Nc1nccs1. The van der Waals surface area contributed by atoms with Crippen molar-refractivity contribution in [2.75, 3.05) is 5.32 Å².